The Morgan fingerprint density at radius 1 is 1.13 bits per heavy atom. The maximum atomic E-state index is 12.3. The highest BCUT2D eigenvalue weighted by Gasteiger charge is 2.47. The van der Waals surface area contributed by atoms with Crippen LogP contribution >= 0.6 is 34.2 Å². The van der Waals surface area contributed by atoms with Gasteiger partial charge in [0.15, 0.2) is 0 Å². The van der Waals surface area contributed by atoms with Crippen molar-refractivity contribution in [1.82, 2.24) is 0 Å². The van der Waals surface area contributed by atoms with E-state index in [1.807, 2.05) is 12.1 Å². The summed E-state index contributed by atoms with van der Waals surface area (Å²) < 4.78 is 23.4. The summed E-state index contributed by atoms with van der Waals surface area (Å²) in [6, 6.07) is 13.4. The molecule has 2 N–H and O–H groups in total. The molecule has 2 aromatic rings. The second-order valence-corrected chi connectivity index (χ2v) is 8.47. The second kappa shape index (κ2) is 11.3. The molecular formula is C22H22ClIO7. The van der Waals surface area contributed by atoms with Crippen molar-refractivity contribution < 1.29 is 34.0 Å². The summed E-state index contributed by atoms with van der Waals surface area (Å²) in [6.45, 7) is 3.41. The van der Waals surface area contributed by atoms with Crippen LogP contribution in [0.3, 0.4) is 0 Å². The predicted molar refractivity (Wildman–Crippen MR) is 122 cm³/mol. The van der Waals surface area contributed by atoms with Crippen LogP contribution in [0.5, 0.6) is 5.75 Å². The molecule has 31 heavy (non-hydrogen) atoms. The average Bonchev–Trinajstić information content (AvgIpc) is 2.76. The minimum Gasteiger partial charge on any atom is -0.462 e. The Bertz CT molecular complexity index is 874. The maximum Gasteiger partial charge on any atom is 0.338 e. The molecule has 0 saturated carbocycles. The number of esters is 1. The third-order valence-electron chi connectivity index (χ3n) is 4.57. The van der Waals surface area contributed by atoms with E-state index >= 15 is 0 Å². The summed E-state index contributed by atoms with van der Waals surface area (Å²) in [5, 5.41) is 21.8. The summed E-state index contributed by atoms with van der Waals surface area (Å²) in [5.41, 5.74) is 0.306. The minimum atomic E-state index is -1.28. The van der Waals surface area contributed by atoms with E-state index in [0.717, 1.165) is 3.57 Å². The number of rotatable bonds is 8. The fraction of sp³-hybridized carbons (Fsp3) is 0.318. The number of halogens is 2. The van der Waals surface area contributed by atoms with E-state index in [4.69, 9.17) is 30.5 Å². The van der Waals surface area contributed by atoms with Crippen molar-refractivity contribution in [1.29, 1.82) is 0 Å². The van der Waals surface area contributed by atoms with Gasteiger partial charge in [-0.15, -0.1) is 6.58 Å². The van der Waals surface area contributed by atoms with Gasteiger partial charge in [0.25, 0.3) is 0 Å². The van der Waals surface area contributed by atoms with Gasteiger partial charge in [-0.3, -0.25) is 0 Å². The van der Waals surface area contributed by atoms with Crippen LogP contribution in [-0.4, -0.2) is 60.1 Å². The van der Waals surface area contributed by atoms with Crippen LogP contribution in [0, 0.1) is 3.57 Å². The summed E-state index contributed by atoms with van der Waals surface area (Å²) in [4.78, 5) is 12.3. The first-order chi connectivity index (χ1) is 14.9. The molecule has 1 aliphatic heterocycles. The topological polar surface area (TPSA) is 94.5 Å². The zero-order valence-electron chi connectivity index (χ0n) is 16.4. The van der Waals surface area contributed by atoms with Gasteiger partial charge < -0.3 is 29.2 Å². The van der Waals surface area contributed by atoms with Gasteiger partial charge in [0.05, 0.1) is 12.2 Å². The number of ether oxygens (including phenoxy) is 4. The van der Waals surface area contributed by atoms with Crippen molar-refractivity contribution >= 4 is 40.2 Å². The monoisotopic (exact) mass is 560 g/mol. The fourth-order valence-corrected chi connectivity index (χ4v) is 3.47. The molecule has 3 rings (SSSR count). The molecule has 1 aliphatic rings. The molecule has 9 heteroatoms. The van der Waals surface area contributed by atoms with Crippen molar-refractivity contribution in [3.05, 3.63) is 75.3 Å². The first kappa shape index (κ1) is 24.0. The molecule has 0 aromatic heterocycles. The third kappa shape index (κ3) is 6.41. The van der Waals surface area contributed by atoms with E-state index in [0.29, 0.717) is 16.3 Å². The van der Waals surface area contributed by atoms with Gasteiger partial charge in [0.2, 0.25) is 6.29 Å². The Kier molecular flexibility index (Phi) is 8.70. The van der Waals surface area contributed by atoms with Crippen LogP contribution in [0.25, 0.3) is 0 Å². The number of benzene rings is 2. The zero-order valence-corrected chi connectivity index (χ0v) is 19.3. The first-order valence-electron chi connectivity index (χ1n) is 9.48. The molecule has 1 fully saturated rings. The van der Waals surface area contributed by atoms with Crippen LogP contribution in [-0.2, 0) is 14.2 Å². The van der Waals surface area contributed by atoms with Crippen LogP contribution in [0.1, 0.15) is 10.4 Å². The van der Waals surface area contributed by atoms with E-state index in [2.05, 4.69) is 29.2 Å². The van der Waals surface area contributed by atoms with Gasteiger partial charge >= 0.3 is 5.97 Å². The molecule has 166 valence electrons. The van der Waals surface area contributed by atoms with Crippen molar-refractivity contribution in [3.8, 4) is 5.75 Å². The fourth-order valence-electron chi connectivity index (χ4n) is 2.99. The van der Waals surface area contributed by atoms with Crippen LogP contribution in [0.15, 0.2) is 61.2 Å². The highest BCUT2D eigenvalue weighted by molar-refractivity contribution is 14.1. The lowest BCUT2D eigenvalue weighted by Gasteiger charge is -2.41. The van der Waals surface area contributed by atoms with Gasteiger partial charge in [-0.05, 0) is 71.1 Å². The van der Waals surface area contributed by atoms with E-state index in [1.54, 1.807) is 24.3 Å². The number of aliphatic hydroxyl groups is 2. The second-order valence-electron chi connectivity index (χ2n) is 6.79. The quantitative estimate of drug-likeness (QED) is 0.291. The zero-order chi connectivity index (χ0) is 22.4. The number of carbonyl (C=O) groups is 1. The minimum absolute atomic E-state index is 0.103. The summed E-state index contributed by atoms with van der Waals surface area (Å²) >= 11 is 8.00. The summed E-state index contributed by atoms with van der Waals surface area (Å²) in [6.07, 6.45) is -4.19. The van der Waals surface area contributed by atoms with Gasteiger partial charge in [-0.1, -0.05) is 17.7 Å². The molecule has 2 aromatic carbocycles. The van der Waals surface area contributed by atoms with Crippen LogP contribution < -0.4 is 4.74 Å². The van der Waals surface area contributed by atoms with Crippen molar-refractivity contribution in [3.63, 3.8) is 0 Å². The average molecular weight is 561 g/mol. The molecule has 0 aliphatic carbocycles. The summed E-state index contributed by atoms with van der Waals surface area (Å²) in [5.74, 6) is -0.127. The summed E-state index contributed by atoms with van der Waals surface area (Å²) in [7, 11) is 0. The molecule has 0 unspecified atom stereocenters. The lowest BCUT2D eigenvalue weighted by molar-refractivity contribution is -0.284. The third-order valence-corrected chi connectivity index (χ3v) is 5.54. The van der Waals surface area contributed by atoms with Crippen molar-refractivity contribution in [2.45, 2.75) is 30.7 Å². The molecule has 0 amide bonds. The number of hydrogen-bond donors (Lipinski definition) is 2. The molecule has 0 bridgehead atoms. The van der Waals surface area contributed by atoms with Crippen molar-refractivity contribution in [2.75, 3.05) is 13.2 Å². The number of aliphatic hydroxyl groups excluding tert-OH is 2. The van der Waals surface area contributed by atoms with Crippen LogP contribution in [0.2, 0.25) is 5.02 Å². The molecule has 7 nitrogen and oxygen atoms in total. The van der Waals surface area contributed by atoms with Gasteiger partial charge in [0.1, 0.15) is 36.8 Å². The molecular weight excluding hydrogens is 539 g/mol. The van der Waals surface area contributed by atoms with Gasteiger partial charge in [-0.25, -0.2) is 4.79 Å². The smallest absolute Gasteiger partial charge is 0.338 e. The Morgan fingerprint density at radius 3 is 2.45 bits per heavy atom. The molecule has 1 heterocycles. The Morgan fingerprint density at radius 2 is 1.81 bits per heavy atom. The van der Waals surface area contributed by atoms with Gasteiger partial charge in [-0.2, -0.15) is 0 Å². The van der Waals surface area contributed by atoms with Crippen LogP contribution in [0.4, 0.5) is 0 Å². The number of carbonyl (C=O) groups excluding carboxylic acids is 1. The number of hydrogen-bond acceptors (Lipinski definition) is 7. The Labute approximate surface area is 198 Å². The molecule has 5 atom stereocenters. The lowest BCUT2D eigenvalue weighted by Crippen LogP contribution is -2.61. The first-order valence-corrected chi connectivity index (χ1v) is 10.9. The molecule has 0 radical (unpaired) electrons. The molecule has 1 saturated heterocycles. The normalized spacial score (nSPS) is 25.6. The largest absolute Gasteiger partial charge is 0.462 e. The SMILES string of the molecule is C=CCO[C@@H]1[C@H](O)[C@H](Oc2ccc(I)cc2)O[C@@H](COC(=O)c2ccc(Cl)cc2)[C@H]1O. The highest BCUT2D eigenvalue weighted by Crippen LogP contribution is 2.27. The van der Waals surface area contributed by atoms with E-state index in [1.165, 1.54) is 18.2 Å². The molecule has 0 spiro atoms. The van der Waals surface area contributed by atoms with E-state index in [-0.39, 0.29) is 13.2 Å². The van der Waals surface area contributed by atoms with Gasteiger partial charge in [0, 0.05) is 8.59 Å². The highest BCUT2D eigenvalue weighted by atomic mass is 127. The maximum absolute atomic E-state index is 12.3. The Hall–Kier alpha value is -1.69. The predicted octanol–water partition coefficient (Wildman–Crippen LogP) is 3.20. The van der Waals surface area contributed by atoms with E-state index in [9.17, 15) is 15.0 Å². The Balaban J connectivity index is 1.70. The van der Waals surface area contributed by atoms with Crippen molar-refractivity contribution in [2.24, 2.45) is 0 Å². The van der Waals surface area contributed by atoms with E-state index < -0.39 is 36.7 Å². The lowest BCUT2D eigenvalue weighted by atomic mass is 9.99. The standard InChI is InChI=1S/C22H22ClIO7/c1-2-11-28-20-18(25)17(12-29-21(27)13-3-5-14(23)6-4-13)31-22(19(20)26)30-16-9-7-15(24)8-10-16/h2-10,17-20,22,25-26H,1,11-12H2/t17-,18+,19-,20-,22+/m0/s1.